The summed E-state index contributed by atoms with van der Waals surface area (Å²) in [6.07, 6.45) is 1.53. The Kier molecular flexibility index (Phi) is 5.12. The molecule has 4 rings (SSSR count). The largest absolute Gasteiger partial charge is 0.507 e. The average molecular weight is 389 g/mol. The fourth-order valence-electron chi connectivity index (χ4n) is 2.70. The molecule has 0 saturated carbocycles. The number of aromatic hydroxyl groups is 1. The van der Waals surface area contributed by atoms with Gasteiger partial charge in [0.25, 0.3) is 0 Å². The van der Waals surface area contributed by atoms with Crippen LogP contribution in [0, 0.1) is 5.82 Å². The van der Waals surface area contributed by atoms with Crippen LogP contribution < -0.4 is 5.43 Å². The van der Waals surface area contributed by atoms with Crippen LogP contribution in [-0.4, -0.2) is 16.3 Å². The molecule has 0 amide bonds. The second-order valence-electron chi connectivity index (χ2n) is 6.05. The minimum absolute atomic E-state index is 0.112. The standard InChI is InChI=1S/C22H16FN3OS/c23-19-9-6-15(7-10-19)17-8-11-21(27)18(12-17)13-24-26-22-25-20(14-28-22)16-4-2-1-3-5-16/h1-14,27H,(H,25,26). The Hall–Kier alpha value is -3.51. The highest BCUT2D eigenvalue weighted by atomic mass is 32.1. The van der Waals surface area contributed by atoms with Crippen molar-refractivity contribution < 1.29 is 9.50 Å². The predicted molar refractivity (Wildman–Crippen MR) is 112 cm³/mol. The van der Waals surface area contributed by atoms with Gasteiger partial charge in [0.05, 0.1) is 11.9 Å². The molecule has 0 unspecified atom stereocenters. The van der Waals surface area contributed by atoms with Gasteiger partial charge in [0.15, 0.2) is 0 Å². The van der Waals surface area contributed by atoms with Crippen LogP contribution in [0.2, 0.25) is 0 Å². The number of halogens is 1. The number of nitrogens with one attached hydrogen (secondary N) is 1. The molecule has 0 fully saturated rings. The molecule has 3 aromatic carbocycles. The normalized spacial score (nSPS) is 11.0. The Balaban J connectivity index is 1.50. The van der Waals surface area contributed by atoms with E-state index in [1.807, 2.05) is 35.7 Å². The van der Waals surface area contributed by atoms with Gasteiger partial charge in [-0.25, -0.2) is 9.37 Å². The number of nitrogens with zero attached hydrogens (tertiary/aromatic N) is 2. The highest BCUT2D eigenvalue weighted by molar-refractivity contribution is 7.14. The molecule has 0 spiro atoms. The number of thiazole rings is 1. The summed E-state index contributed by atoms with van der Waals surface area (Å²) < 4.78 is 13.1. The van der Waals surface area contributed by atoms with Crippen molar-refractivity contribution in [3.8, 4) is 28.1 Å². The molecule has 0 atom stereocenters. The molecule has 6 heteroatoms. The third-order valence-corrected chi connectivity index (χ3v) is 4.89. The molecule has 28 heavy (non-hydrogen) atoms. The summed E-state index contributed by atoms with van der Waals surface area (Å²) in [5.74, 6) is -0.174. The van der Waals surface area contributed by atoms with Gasteiger partial charge in [-0.1, -0.05) is 48.5 Å². The van der Waals surface area contributed by atoms with Crippen molar-refractivity contribution in [1.82, 2.24) is 4.98 Å². The average Bonchev–Trinajstić information content (AvgIpc) is 3.20. The number of aromatic nitrogens is 1. The summed E-state index contributed by atoms with van der Waals surface area (Å²) in [6.45, 7) is 0. The maximum atomic E-state index is 13.1. The first-order valence-corrected chi connectivity index (χ1v) is 9.46. The minimum atomic E-state index is -0.285. The first-order valence-electron chi connectivity index (χ1n) is 8.58. The third kappa shape index (κ3) is 4.07. The topological polar surface area (TPSA) is 57.5 Å². The lowest BCUT2D eigenvalue weighted by Crippen LogP contribution is -1.91. The third-order valence-electron chi connectivity index (χ3n) is 4.14. The van der Waals surface area contributed by atoms with Crippen molar-refractivity contribution in [1.29, 1.82) is 0 Å². The molecule has 0 aliphatic rings. The van der Waals surface area contributed by atoms with Gasteiger partial charge in [0.2, 0.25) is 5.13 Å². The lowest BCUT2D eigenvalue weighted by Gasteiger charge is -2.05. The van der Waals surface area contributed by atoms with E-state index in [2.05, 4.69) is 15.5 Å². The summed E-state index contributed by atoms with van der Waals surface area (Å²) in [6, 6.07) is 21.3. The first kappa shape index (κ1) is 17.9. The molecule has 0 radical (unpaired) electrons. The van der Waals surface area contributed by atoms with Gasteiger partial charge in [-0.2, -0.15) is 5.10 Å². The number of hydrazone groups is 1. The predicted octanol–water partition coefficient (Wildman–Crippen LogP) is 5.77. The van der Waals surface area contributed by atoms with Gasteiger partial charge in [-0.3, -0.25) is 5.43 Å². The number of benzene rings is 3. The highest BCUT2D eigenvalue weighted by Crippen LogP contribution is 2.26. The smallest absolute Gasteiger partial charge is 0.203 e. The van der Waals surface area contributed by atoms with E-state index in [9.17, 15) is 9.50 Å². The van der Waals surface area contributed by atoms with Crippen molar-refractivity contribution in [2.75, 3.05) is 5.43 Å². The Labute approximate surface area is 165 Å². The number of anilines is 1. The van der Waals surface area contributed by atoms with Crippen molar-refractivity contribution in [2.45, 2.75) is 0 Å². The number of hydrogen-bond donors (Lipinski definition) is 2. The molecular weight excluding hydrogens is 373 g/mol. The van der Waals surface area contributed by atoms with Crippen LogP contribution in [0.1, 0.15) is 5.56 Å². The monoisotopic (exact) mass is 389 g/mol. The van der Waals surface area contributed by atoms with E-state index >= 15 is 0 Å². The van der Waals surface area contributed by atoms with Gasteiger partial charge < -0.3 is 5.11 Å². The van der Waals surface area contributed by atoms with Crippen LogP contribution in [0.25, 0.3) is 22.4 Å². The van der Waals surface area contributed by atoms with Gasteiger partial charge in [0, 0.05) is 16.5 Å². The van der Waals surface area contributed by atoms with E-state index in [-0.39, 0.29) is 11.6 Å². The lowest BCUT2D eigenvalue weighted by molar-refractivity contribution is 0.474. The zero-order chi connectivity index (χ0) is 19.3. The molecule has 0 aliphatic heterocycles. The highest BCUT2D eigenvalue weighted by Gasteiger charge is 2.05. The summed E-state index contributed by atoms with van der Waals surface area (Å²) in [7, 11) is 0. The van der Waals surface area contributed by atoms with Crippen LogP contribution in [0.3, 0.4) is 0 Å². The van der Waals surface area contributed by atoms with Gasteiger partial charge in [-0.15, -0.1) is 11.3 Å². The Morgan fingerprint density at radius 2 is 1.68 bits per heavy atom. The second kappa shape index (κ2) is 8.02. The summed E-state index contributed by atoms with van der Waals surface area (Å²) in [4.78, 5) is 4.50. The molecule has 4 aromatic rings. The van der Waals surface area contributed by atoms with E-state index < -0.39 is 0 Å². The molecule has 0 saturated heterocycles. The summed E-state index contributed by atoms with van der Waals surface area (Å²) in [5, 5.41) is 16.9. The van der Waals surface area contributed by atoms with E-state index in [0.29, 0.717) is 10.7 Å². The summed E-state index contributed by atoms with van der Waals surface area (Å²) >= 11 is 1.45. The Morgan fingerprint density at radius 3 is 2.46 bits per heavy atom. The Morgan fingerprint density at radius 1 is 0.929 bits per heavy atom. The molecule has 0 bridgehead atoms. The molecule has 1 aromatic heterocycles. The molecule has 138 valence electrons. The van der Waals surface area contributed by atoms with Crippen molar-refractivity contribution in [3.05, 3.63) is 89.6 Å². The molecule has 4 nitrogen and oxygen atoms in total. The molecule has 0 aliphatic carbocycles. The maximum Gasteiger partial charge on any atom is 0.203 e. The minimum Gasteiger partial charge on any atom is -0.507 e. The zero-order valence-electron chi connectivity index (χ0n) is 14.7. The second-order valence-corrected chi connectivity index (χ2v) is 6.91. The quantitative estimate of drug-likeness (QED) is 0.337. The van der Waals surface area contributed by atoms with Crippen LogP contribution in [-0.2, 0) is 0 Å². The number of rotatable bonds is 5. The van der Waals surface area contributed by atoms with Crippen LogP contribution >= 0.6 is 11.3 Å². The Bertz CT molecular complexity index is 1110. The van der Waals surface area contributed by atoms with E-state index in [1.54, 1.807) is 30.3 Å². The van der Waals surface area contributed by atoms with E-state index in [4.69, 9.17) is 0 Å². The van der Waals surface area contributed by atoms with Gasteiger partial charge >= 0.3 is 0 Å². The lowest BCUT2D eigenvalue weighted by atomic mass is 10.0. The van der Waals surface area contributed by atoms with Crippen molar-refractivity contribution in [2.24, 2.45) is 5.10 Å². The van der Waals surface area contributed by atoms with Crippen LogP contribution in [0.4, 0.5) is 9.52 Å². The number of phenols is 1. The molecular formula is C22H16FN3OS. The zero-order valence-corrected chi connectivity index (χ0v) is 15.5. The van der Waals surface area contributed by atoms with Gasteiger partial charge in [0.1, 0.15) is 11.6 Å². The summed E-state index contributed by atoms with van der Waals surface area (Å²) in [5.41, 5.74) is 7.08. The first-order chi connectivity index (χ1) is 13.7. The molecule has 2 N–H and O–H groups in total. The van der Waals surface area contributed by atoms with Crippen molar-refractivity contribution in [3.63, 3.8) is 0 Å². The van der Waals surface area contributed by atoms with E-state index in [0.717, 1.165) is 22.4 Å². The molecule has 1 heterocycles. The van der Waals surface area contributed by atoms with Crippen molar-refractivity contribution >= 4 is 22.7 Å². The van der Waals surface area contributed by atoms with Crippen LogP contribution in [0.15, 0.2) is 83.3 Å². The number of phenolic OH excluding ortho intramolecular Hbond substituents is 1. The SMILES string of the molecule is Oc1ccc(-c2ccc(F)cc2)cc1C=NNc1nc(-c2ccccc2)cs1. The fraction of sp³-hybridized carbons (Fsp3) is 0. The van der Waals surface area contributed by atoms with Crippen LogP contribution in [0.5, 0.6) is 5.75 Å². The number of hydrogen-bond acceptors (Lipinski definition) is 5. The van der Waals surface area contributed by atoms with E-state index in [1.165, 1.54) is 29.7 Å². The van der Waals surface area contributed by atoms with Gasteiger partial charge in [-0.05, 0) is 35.4 Å². The fourth-order valence-corrected chi connectivity index (χ4v) is 3.37. The maximum absolute atomic E-state index is 13.1.